The molecule has 2 aliphatic heterocycles. The van der Waals surface area contributed by atoms with E-state index in [4.69, 9.17) is 4.42 Å². The second-order valence-electron chi connectivity index (χ2n) is 9.33. The zero-order valence-electron chi connectivity index (χ0n) is 20.8. The smallest absolute Gasteiger partial charge is 0.308 e. The fourth-order valence-corrected chi connectivity index (χ4v) is 7.81. The minimum atomic E-state index is -0.898. The lowest BCUT2D eigenvalue weighted by atomic mass is 9.87. The normalized spacial score (nSPS) is 19.8. The van der Waals surface area contributed by atoms with E-state index < -0.39 is 39.7 Å². The van der Waals surface area contributed by atoms with E-state index in [0.717, 1.165) is 33.6 Å². The van der Waals surface area contributed by atoms with Crippen LogP contribution in [0.1, 0.15) is 22.1 Å². The molecular formula is C27H20N4O7S2. The van der Waals surface area contributed by atoms with Crippen LogP contribution in [0.4, 0.5) is 17.1 Å². The molecule has 11 nitrogen and oxygen atoms in total. The number of nitro benzene ring substituents is 1. The van der Waals surface area contributed by atoms with Crippen LogP contribution in [0, 0.1) is 23.0 Å². The second kappa shape index (κ2) is 9.92. The number of nitro groups is 1. The maximum absolute atomic E-state index is 13.8. The van der Waals surface area contributed by atoms with Crippen LogP contribution in [-0.4, -0.2) is 32.5 Å². The molecule has 4 heterocycles. The van der Waals surface area contributed by atoms with Gasteiger partial charge in [0.2, 0.25) is 17.7 Å². The predicted molar refractivity (Wildman–Crippen MR) is 148 cm³/mol. The summed E-state index contributed by atoms with van der Waals surface area (Å²) in [6.07, 6.45) is 1.45. The fraction of sp³-hybridized carbons (Fsp3) is 0.185. The van der Waals surface area contributed by atoms with Crippen LogP contribution in [-0.2, 0) is 20.9 Å². The van der Waals surface area contributed by atoms with Crippen molar-refractivity contribution in [1.82, 2.24) is 4.57 Å². The Hall–Kier alpha value is -4.49. The summed E-state index contributed by atoms with van der Waals surface area (Å²) < 4.78 is 7.01. The Morgan fingerprint density at radius 3 is 2.48 bits per heavy atom. The number of thiazole rings is 1. The maximum atomic E-state index is 13.8. The first-order valence-electron chi connectivity index (χ1n) is 12.2. The van der Waals surface area contributed by atoms with Crippen molar-refractivity contribution in [2.45, 2.75) is 29.7 Å². The minimum absolute atomic E-state index is 0.168. The molecule has 6 rings (SSSR count). The van der Waals surface area contributed by atoms with E-state index in [1.54, 1.807) is 24.3 Å². The van der Waals surface area contributed by atoms with Gasteiger partial charge in [-0.3, -0.25) is 33.9 Å². The number of imide groups is 1. The number of aryl methyl sites for hydroxylation is 1. The number of aromatic nitrogens is 1. The zero-order valence-corrected chi connectivity index (χ0v) is 22.4. The predicted octanol–water partition coefficient (Wildman–Crippen LogP) is 4.15. The lowest BCUT2D eigenvalue weighted by Crippen LogP contribution is -2.32. The maximum Gasteiger partial charge on any atom is 0.308 e. The van der Waals surface area contributed by atoms with Crippen LogP contribution in [0.25, 0.3) is 0 Å². The third-order valence-corrected chi connectivity index (χ3v) is 9.54. The number of nitrogens with zero attached hydrogens (tertiary/aromatic N) is 3. The highest BCUT2D eigenvalue weighted by Gasteiger charge is 2.57. The van der Waals surface area contributed by atoms with Crippen LogP contribution in [0.5, 0.6) is 0 Å². The van der Waals surface area contributed by atoms with Crippen molar-refractivity contribution in [2.24, 2.45) is 5.92 Å². The minimum Gasteiger partial charge on any atom is -0.469 e. The quantitative estimate of drug-likeness (QED) is 0.205. The van der Waals surface area contributed by atoms with E-state index in [-0.39, 0.29) is 22.8 Å². The molecule has 0 spiro atoms. The number of amides is 3. The van der Waals surface area contributed by atoms with Gasteiger partial charge in [-0.15, -0.1) is 0 Å². The highest BCUT2D eigenvalue weighted by molar-refractivity contribution is 8.00. The van der Waals surface area contributed by atoms with Gasteiger partial charge >= 0.3 is 4.87 Å². The third-order valence-electron chi connectivity index (χ3n) is 6.94. The fourth-order valence-electron chi connectivity index (χ4n) is 5.05. The van der Waals surface area contributed by atoms with Gasteiger partial charge in [0, 0.05) is 17.8 Å². The van der Waals surface area contributed by atoms with Gasteiger partial charge in [0.25, 0.3) is 5.69 Å². The average Bonchev–Trinajstić information content (AvgIpc) is 3.63. The van der Waals surface area contributed by atoms with Crippen molar-refractivity contribution in [3.8, 4) is 0 Å². The van der Waals surface area contributed by atoms with Crippen molar-refractivity contribution in [2.75, 3.05) is 10.2 Å². The molecule has 1 fully saturated rings. The second-order valence-corrected chi connectivity index (χ2v) is 11.5. The number of carbonyl (C=O) groups excluding carboxylic acids is 3. The molecule has 13 heteroatoms. The molecule has 0 unspecified atom stereocenters. The van der Waals surface area contributed by atoms with E-state index in [9.17, 15) is 29.3 Å². The summed E-state index contributed by atoms with van der Waals surface area (Å²) in [5.41, 5.74) is 1.54. The van der Waals surface area contributed by atoms with Gasteiger partial charge in [-0.1, -0.05) is 41.3 Å². The Balaban J connectivity index is 1.37. The number of nitrogens with one attached hydrogen (secondary N) is 1. The van der Waals surface area contributed by atoms with Crippen LogP contribution >= 0.6 is 23.1 Å². The van der Waals surface area contributed by atoms with Gasteiger partial charge in [0.15, 0.2) is 0 Å². The average molecular weight is 577 g/mol. The van der Waals surface area contributed by atoms with Gasteiger partial charge in [-0.25, -0.2) is 4.90 Å². The Labute approximate surface area is 234 Å². The van der Waals surface area contributed by atoms with Crippen molar-refractivity contribution >= 4 is 57.9 Å². The standard InChI is InChI=1S/C27H20N4O7S2/c1-14-5-2-3-6-17(14)28-19(32)13-29-26-23(40-27(29)35)20(18-7-4-12-38-18)21-22(39-26)25(34)30(24(21)33)15-8-10-16(11-9-15)31(36)37/h2-12,20-22H,13H2,1H3,(H,28,32)/t20-,21-,22+/m0/s1. The van der Waals surface area contributed by atoms with Gasteiger partial charge in [0.05, 0.1) is 38.6 Å². The van der Waals surface area contributed by atoms with Gasteiger partial charge in [-0.2, -0.15) is 0 Å². The van der Waals surface area contributed by atoms with E-state index in [2.05, 4.69) is 5.32 Å². The molecule has 2 aliphatic rings. The summed E-state index contributed by atoms with van der Waals surface area (Å²) >= 11 is 2.00. The molecule has 0 aliphatic carbocycles. The molecule has 0 radical (unpaired) electrons. The van der Waals surface area contributed by atoms with Crippen molar-refractivity contribution in [3.63, 3.8) is 0 Å². The number of non-ortho nitro benzene ring substituents is 1. The highest BCUT2D eigenvalue weighted by Crippen LogP contribution is 2.54. The topological polar surface area (TPSA) is 145 Å². The molecule has 1 saturated heterocycles. The number of benzene rings is 2. The van der Waals surface area contributed by atoms with E-state index >= 15 is 0 Å². The van der Waals surface area contributed by atoms with Crippen LogP contribution in [0.15, 0.2) is 81.2 Å². The Bertz CT molecular complexity index is 1730. The molecule has 0 saturated carbocycles. The molecule has 40 heavy (non-hydrogen) atoms. The molecule has 2 aromatic carbocycles. The summed E-state index contributed by atoms with van der Waals surface area (Å²) in [5.74, 6) is -2.59. The largest absolute Gasteiger partial charge is 0.469 e. The lowest BCUT2D eigenvalue weighted by molar-refractivity contribution is -0.384. The summed E-state index contributed by atoms with van der Waals surface area (Å²) in [6, 6.07) is 15.8. The number of para-hydroxylation sites is 1. The van der Waals surface area contributed by atoms with Crippen LogP contribution in [0.3, 0.4) is 0 Å². The lowest BCUT2D eigenvalue weighted by Gasteiger charge is -2.29. The molecule has 202 valence electrons. The third kappa shape index (κ3) is 4.23. The Morgan fingerprint density at radius 1 is 1.05 bits per heavy atom. The number of furan rings is 1. The first-order valence-corrected chi connectivity index (χ1v) is 13.9. The summed E-state index contributed by atoms with van der Waals surface area (Å²) in [4.78, 5) is 65.3. The van der Waals surface area contributed by atoms with Crippen molar-refractivity contribution in [3.05, 3.63) is 103 Å². The van der Waals surface area contributed by atoms with E-state index in [1.165, 1.54) is 35.1 Å². The molecule has 4 aromatic rings. The van der Waals surface area contributed by atoms with E-state index in [1.807, 2.05) is 19.1 Å². The van der Waals surface area contributed by atoms with Gasteiger partial charge in [0.1, 0.15) is 17.6 Å². The van der Waals surface area contributed by atoms with E-state index in [0.29, 0.717) is 21.4 Å². The Kier molecular flexibility index (Phi) is 6.39. The number of hydrogen-bond donors (Lipinski definition) is 1. The van der Waals surface area contributed by atoms with Gasteiger partial charge < -0.3 is 9.73 Å². The van der Waals surface area contributed by atoms with Crippen molar-refractivity contribution < 1.29 is 23.7 Å². The van der Waals surface area contributed by atoms with Crippen LogP contribution < -0.4 is 15.1 Å². The SMILES string of the molecule is Cc1ccccc1NC(=O)Cn1c2c(sc1=O)[C@@H](c1ccco1)[C@@H]1C(=O)N(c3ccc([N+](=O)[O-])cc3)C(=O)[C@@H]1S2. The monoisotopic (exact) mass is 576 g/mol. The zero-order chi connectivity index (χ0) is 28.1. The number of anilines is 2. The Morgan fingerprint density at radius 2 is 1.80 bits per heavy atom. The molecule has 2 aromatic heterocycles. The number of hydrogen-bond acceptors (Lipinski definition) is 9. The number of rotatable bonds is 6. The number of fused-ring (bicyclic) bond motifs is 2. The van der Waals surface area contributed by atoms with Crippen molar-refractivity contribution in [1.29, 1.82) is 0 Å². The molecule has 0 bridgehead atoms. The molecule has 1 N–H and O–H groups in total. The summed E-state index contributed by atoms with van der Waals surface area (Å²) in [7, 11) is 0. The summed E-state index contributed by atoms with van der Waals surface area (Å²) in [6.45, 7) is 1.58. The highest BCUT2D eigenvalue weighted by atomic mass is 32.2. The summed E-state index contributed by atoms with van der Waals surface area (Å²) in [5, 5.41) is 13.4. The molecule has 3 atom stereocenters. The number of carbonyl (C=O) groups is 3. The molecule has 3 amide bonds. The van der Waals surface area contributed by atoms with Gasteiger partial charge in [-0.05, 0) is 42.8 Å². The number of thioether (sulfide) groups is 1. The first kappa shape index (κ1) is 25.8. The van der Waals surface area contributed by atoms with Crippen LogP contribution in [0.2, 0.25) is 0 Å². The molecular weight excluding hydrogens is 556 g/mol. The first-order chi connectivity index (χ1) is 19.2.